The highest BCUT2D eigenvalue weighted by Crippen LogP contribution is 2.22. The van der Waals surface area contributed by atoms with Crippen molar-refractivity contribution in [2.75, 3.05) is 0 Å². The quantitative estimate of drug-likeness (QED) is 0.644. The van der Waals surface area contributed by atoms with Gasteiger partial charge in [-0.1, -0.05) is 20.3 Å². The lowest BCUT2D eigenvalue weighted by Gasteiger charge is -2.16. The molecule has 7 heteroatoms. The maximum absolute atomic E-state index is 13.8. The van der Waals surface area contributed by atoms with E-state index in [1.54, 1.807) is 0 Å². The smallest absolute Gasteiger partial charge is 0.308 e. The second-order valence-electron chi connectivity index (χ2n) is 4.41. The van der Waals surface area contributed by atoms with Gasteiger partial charge in [-0.2, -0.15) is 4.39 Å². The summed E-state index contributed by atoms with van der Waals surface area (Å²) in [5.74, 6) is -3.18. The minimum atomic E-state index is -1.32. The minimum Gasteiger partial charge on any atom is -0.349 e. The zero-order chi connectivity index (χ0) is 15.3. The van der Waals surface area contributed by atoms with Crippen LogP contribution in [0.15, 0.2) is 12.1 Å². The monoisotopic (exact) mass is 286 g/mol. The van der Waals surface area contributed by atoms with Crippen molar-refractivity contribution >= 4 is 11.6 Å². The van der Waals surface area contributed by atoms with Crippen LogP contribution in [0.1, 0.15) is 43.5 Å². The van der Waals surface area contributed by atoms with Gasteiger partial charge in [-0.25, -0.2) is 4.39 Å². The van der Waals surface area contributed by atoms with Crippen LogP contribution < -0.4 is 5.32 Å². The van der Waals surface area contributed by atoms with Gasteiger partial charge in [-0.05, 0) is 18.9 Å². The van der Waals surface area contributed by atoms with E-state index >= 15 is 0 Å². The molecular weight excluding hydrogens is 270 g/mol. The van der Waals surface area contributed by atoms with E-state index in [-0.39, 0.29) is 6.04 Å². The number of nitro benzene ring substituents is 1. The standard InChI is InChI=1S/C13H16F2N2O3/c1-3-5-9(4-2)16-13(18)10-6-8(14)7-11(12(10)15)17(19)20/h6-7,9H,3-5H2,1-2H3,(H,16,18). The molecule has 0 bridgehead atoms. The molecule has 20 heavy (non-hydrogen) atoms. The molecule has 1 N–H and O–H groups in total. The number of benzene rings is 1. The Hall–Kier alpha value is -2.05. The van der Waals surface area contributed by atoms with Crippen LogP contribution in [-0.4, -0.2) is 16.9 Å². The van der Waals surface area contributed by atoms with Crippen molar-refractivity contribution in [1.82, 2.24) is 5.32 Å². The molecule has 0 aliphatic heterocycles. The summed E-state index contributed by atoms with van der Waals surface area (Å²) in [5.41, 5.74) is -1.69. The van der Waals surface area contributed by atoms with E-state index in [4.69, 9.17) is 0 Å². The summed E-state index contributed by atoms with van der Waals surface area (Å²) in [6.45, 7) is 3.79. The van der Waals surface area contributed by atoms with E-state index in [1.807, 2.05) is 13.8 Å². The third-order valence-corrected chi connectivity index (χ3v) is 2.92. The van der Waals surface area contributed by atoms with Crippen LogP contribution in [0.25, 0.3) is 0 Å². The number of carbonyl (C=O) groups is 1. The van der Waals surface area contributed by atoms with Crippen molar-refractivity contribution in [3.8, 4) is 0 Å². The van der Waals surface area contributed by atoms with E-state index in [1.165, 1.54) is 0 Å². The first kappa shape index (κ1) is 16.0. The Bertz CT molecular complexity index is 521. The van der Waals surface area contributed by atoms with Crippen molar-refractivity contribution in [2.45, 2.75) is 39.2 Å². The first-order valence-electron chi connectivity index (χ1n) is 6.34. The summed E-state index contributed by atoms with van der Waals surface area (Å²) >= 11 is 0. The molecular formula is C13H16F2N2O3. The number of hydrogen-bond donors (Lipinski definition) is 1. The molecule has 0 radical (unpaired) electrons. The largest absolute Gasteiger partial charge is 0.349 e. The minimum absolute atomic E-state index is 0.172. The van der Waals surface area contributed by atoms with Gasteiger partial charge in [0.15, 0.2) is 0 Å². The molecule has 0 saturated carbocycles. The molecule has 0 spiro atoms. The number of nitrogens with one attached hydrogen (secondary N) is 1. The summed E-state index contributed by atoms with van der Waals surface area (Å²) < 4.78 is 27.1. The van der Waals surface area contributed by atoms with Crippen LogP contribution >= 0.6 is 0 Å². The second kappa shape index (κ2) is 6.93. The fourth-order valence-electron chi connectivity index (χ4n) is 1.86. The van der Waals surface area contributed by atoms with Crippen LogP contribution in [0.3, 0.4) is 0 Å². The SMILES string of the molecule is CCCC(CC)NC(=O)c1cc(F)cc([N+](=O)[O-])c1F. The van der Waals surface area contributed by atoms with Crippen molar-refractivity contribution in [1.29, 1.82) is 0 Å². The van der Waals surface area contributed by atoms with Crippen LogP contribution in [0.2, 0.25) is 0 Å². The molecule has 1 rings (SSSR count). The second-order valence-corrected chi connectivity index (χ2v) is 4.41. The molecule has 0 saturated heterocycles. The summed E-state index contributed by atoms with van der Waals surface area (Å²) in [7, 11) is 0. The number of rotatable bonds is 6. The fraction of sp³-hybridized carbons (Fsp3) is 0.462. The van der Waals surface area contributed by atoms with Crippen LogP contribution in [0.5, 0.6) is 0 Å². The maximum Gasteiger partial charge on any atom is 0.308 e. The van der Waals surface area contributed by atoms with Crippen molar-refractivity contribution < 1.29 is 18.5 Å². The summed E-state index contributed by atoms with van der Waals surface area (Å²) in [4.78, 5) is 21.4. The lowest BCUT2D eigenvalue weighted by atomic mass is 10.1. The van der Waals surface area contributed by atoms with Gasteiger partial charge >= 0.3 is 5.69 Å². The molecule has 0 aliphatic carbocycles. The molecule has 1 aromatic rings. The molecule has 1 unspecified atom stereocenters. The molecule has 0 aliphatic rings. The normalized spacial score (nSPS) is 12.0. The highest BCUT2D eigenvalue weighted by Gasteiger charge is 2.25. The lowest BCUT2D eigenvalue weighted by molar-refractivity contribution is -0.387. The Balaban J connectivity index is 3.06. The highest BCUT2D eigenvalue weighted by atomic mass is 19.1. The Morgan fingerprint density at radius 3 is 2.55 bits per heavy atom. The van der Waals surface area contributed by atoms with Crippen LogP contribution in [-0.2, 0) is 0 Å². The predicted molar refractivity (Wildman–Crippen MR) is 69.5 cm³/mol. The molecule has 110 valence electrons. The average molecular weight is 286 g/mol. The highest BCUT2D eigenvalue weighted by molar-refractivity contribution is 5.95. The zero-order valence-electron chi connectivity index (χ0n) is 11.3. The summed E-state index contributed by atoms with van der Waals surface area (Å²) in [5, 5.41) is 13.1. The van der Waals surface area contributed by atoms with Gasteiger partial charge in [-0.15, -0.1) is 0 Å². The van der Waals surface area contributed by atoms with Crippen LogP contribution in [0, 0.1) is 21.7 Å². The number of amides is 1. The third-order valence-electron chi connectivity index (χ3n) is 2.92. The number of nitrogens with zero attached hydrogens (tertiary/aromatic N) is 1. The van der Waals surface area contributed by atoms with E-state index < -0.39 is 33.7 Å². The first-order chi connectivity index (χ1) is 9.40. The maximum atomic E-state index is 13.8. The average Bonchev–Trinajstić information content (AvgIpc) is 2.39. The Morgan fingerprint density at radius 1 is 1.40 bits per heavy atom. The van der Waals surface area contributed by atoms with E-state index in [9.17, 15) is 23.7 Å². The van der Waals surface area contributed by atoms with Crippen LogP contribution in [0.4, 0.5) is 14.5 Å². The summed E-state index contributed by atoms with van der Waals surface area (Å²) in [6.07, 6.45) is 2.16. The van der Waals surface area contributed by atoms with E-state index in [2.05, 4.69) is 5.32 Å². The van der Waals surface area contributed by atoms with Crippen molar-refractivity contribution in [2.24, 2.45) is 0 Å². The Labute approximate surface area is 115 Å². The number of nitro groups is 1. The molecule has 1 aromatic carbocycles. The van der Waals surface area contributed by atoms with Crippen molar-refractivity contribution in [3.05, 3.63) is 39.4 Å². The molecule has 5 nitrogen and oxygen atoms in total. The van der Waals surface area contributed by atoms with Gasteiger partial charge in [0.1, 0.15) is 5.82 Å². The molecule has 0 fully saturated rings. The number of hydrogen-bond acceptors (Lipinski definition) is 3. The van der Waals surface area contributed by atoms with Gasteiger partial charge in [0, 0.05) is 6.04 Å². The first-order valence-corrected chi connectivity index (χ1v) is 6.34. The van der Waals surface area contributed by atoms with E-state index in [0.717, 1.165) is 6.42 Å². The van der Waals surface area contributed by atoms with Gasteiger partial charge in [-0.3, -0.25) is 14.9 Å². The van der Waals surface area contributed by atoms with Crippen molar-refractivity contribution in [3.63, 3.8) is 0 Å². The number of carbonyl (C=O) groups excluding carboxylic acids is 1. The molecule has 0 aromatic heterocycles. The third kappa shape index (κ3) is 3.72. The topological polar surface area (TPSA) is 72.2 Å². The van der Waals surface area contributed by atoms with Gasteiger partial charge in [0.05, 0.1) is 16.6 Å². The van der Waals surface area contributed by atoms with Gasteiger partial charge < -0.3 is 5.32 Å². The van der Waals surface area contributed by atoms with Gasteiger partial charge in [0.25, 0.3) is 5.91 Å². The molecule has 0 heterocycles. The van der Waals surface area contributed by atoms with E-state index in [0.29, 0.717) is 25.0 Å². The summed E-state index contributed by atoms with van der Waals surface area (Å²) in [6, 6.07) is 0.945. The fourth-order valence-corrected chi connectivity index (χ4v) is 1.86. The Kier molecular flexibility index (Phi) is 5.54. The molecule has 1 atom stereocenters. The van der Waals surface area contributed by atoms with Gasteiger partial charge in [0.2, 0.25) is 5.82 Å². The lowest BCUT2D eigenvalue weighted by Crippen LogP contribution is -2.34. The predicted octanol–water partition coefficient (Wildman–Crippen LogP) is 3.18. The molecule has 1 amide bonds. The zero-order valence-corrected chi connectivity index (χ0v) is 11.3. The number of halogens is 2. The Morgan fingerprint density at radius 2 is 2.05 bits per heavy atom.